The Kier molecular flexibility index (Phi) is 5.59. The first-order valence-electron chi connectivity index (χ1n) is 6.66. The Bertz CT molecular complexity index is 432. The molecule has 0 aliphatic carbocycles. The summed E-state index contributed by atoms with van der Waals surface area (Å²) < 4.78 is 37.8. The Hall–Kier alpha value is -1.53. The van der Waals surface area contributed by atoms with Gasteiger partial charge in [-0.3, -0.25) is 0 Å². The minimum absolute atomic E-state index is 0.0316. The lowest BCUT2D eigenvalue weighted by atomic mass is 10.0. The third kappa shape index (κ3) is 5.63. The molecule has 1 aromatic rings. The number of aromatic nitrogens is 2. The van der Waals surface area contributed by atoms with E-state index in [0.29, 0.717) is 5.92 Å². The van der Waals surface area contributed by atoms with E-state index in [2.05, 4.69) is 29.1 Å². The normalized spacial score (nSPS) is 13.6. The van der Waals surface area contributed by atoms with Crippen molar-refractivity contribution in [3.8, 4) is 0 Å². The highest BCUT2D eigenvalue weighted by Gasteiger charge is 2.33. The minimum Gasteiger partial charge on any atom is -0.368 e. The SMILES string of the molecule is CC(C)CCCC(C)Nc1cc(C(F)(F)F)nc(N)n1. The molecule has 0 aliphatic heterocycles. The van der Waals surface area contributed by atoms with E-state index in [1.807, 2.05) is 6.92 Å². The van der Waals surface area contributed by atoms with Gasteiger partial charge in [-0.15, -0.1) is 0 Å². The van der Waals surface area contributed by atoms with Crippen LogP contribution in [0.15, 0.2) is 6.07 Å². The summed E-state index contributed by atoms with van der Waals surface area (Å²) in [7, 11) is 0. The molecule has 0 radical (unpaired) electrons. The molecule has 0 spiro atoms. The van der Waals surface area contributed by atoms with E-state index in [1.165, 1.54) is 0 Å². The largest absolute Gasteiger partial charge is 0.433 e. The molecule has 0 amide bonds. The number of nitrogens with two attached hydrogens (primary N) is 1. The standard InChI is InChI=1S/C13H21F3N4/c1-8(2)5-4-6-9(3)18-11-7-10(13(14,15)16)19-12(17)20-11/h7-9H,4-6H2,1-3H3,(H3,17,18,19,20). The van der Waals surface area contributed by atoms with Gasteiger partial charge < -0.3 is 11.1 Å². The number of hydrogen-bond donors (Lipinski definition) is 2. The molecule has 7 heteroatoms. The van der Waals surface area contributed by atoms with E-state index in [-0.39, 0.29) is 17.8 Å². The van der Waals surface area contributed by atoms with Crippen LogP contribution in [0.2, 0.25) is 0 Å². The van der Waals surface area contributed by atoms with E-state index >= 15 is 0 Å². The second kappa shape index (κ2) is 6.76. The maximum absolute atomic E-state index is 12.6. The minimum atomic E-state index is -4.52. The fraction of sp³-hybridized carbons (Fsp3) is 0.692. The first kappa shape index (κ1) is 16.5. The first-order valence-corrected chi connectivity index (χ1v) is 6.66. The molecule has 0 aliphatic rings. The average molecular weight is 290 g/mol. The molecule has 1 aromatic heterocycles. The average Bonchev–Trinajstić information content (AvgIpc) is 2.26. The highest BCUT2D eigenvalue weighted by atomic mass is 19.4. The van der Waals surface area contributed by atoms with Gasteiger partial charge in [-0.25, -0.2) is 4.98 Å². The Morgan fingerprint density at radius 2 is 1.85 bits per heavy atom. The van der Waals surface area contributed by atoms with E-state index in [1.54, 1.807) is 0 Å². The lowest BCUT2D eigenvalue weighted by molar-refractivity contribution is -0.141. The molecular formula is C13H21F3N4. The monoisotopic (exact) mass is 290 g/mol. The van der Waals surface area contributed by atoms with Gasteiger partial charge in [0.15, 0.2) is 5.69 Å². The summed E-state index contributed by atoms with van der Waals surface area (Å²) in [6.07, 6.45) is -1.55. The number of anilines is 2. The number of halogens is 3. The van der Waals surface area contributed by atoms with Crippen LogP contribution in [-0.4, -0.2) is 16.0 Å². The van der Waals surface area contributed by atoms with Crippen molar-refractivity contribution in [2.24, 2.45) is 5.92 Å². The van der Waals surface area contributed by atoms with Crippen molar-refractivity contribution in [3.05, 3.63) is 11.8 Å². The molecule has 1 heterocycles. The highest BCUT2D eigenvalue weighted by Crippen LogP contribution is 2.29. The lowest BCUT2D eigenvalue weighted by Gasteiger charge is -2.16. The van der Waals surface area contributed by atoms with Crippen molar-refractivity contribution in [2.75, 3.05) is 11.1 Å². The van der Waals surface area contributed by atoms with Gasteiger partial charge in [-0.2, -0.15) is 18.2 Å². The number of rotatable bonds is 6. The second-order valence-corrected chi connectivity index (χ2v) is 5.36. The van der Waals surface area contributed by atoms with Crippen LogP contribution in [0.4, 0.5) is 24.9 Å². The van der Waals surface area contributed by atoms with Crippen LogP contribution in [-0.2, 0) is 6.18 Å². The van der Waals surface area contributed by atoms with Crippen LogP contribution >= 0.6 is 0 Å². The van der Waals surface area contributed by atoms with Crippen LogP contribution in [0.1, 0.15) is 45.7 Å². The van der Waals surface area contributed by atoms with Crippen LogP contribution < -0.4 is 11.1 Å². The number of nitrogens with one attached hydrogen (secondary N) is 1. The van der Waals surface area contributed by atoms with Crippen molar-refractivity contribution < 1.29 is 13.2 Å². The van der Waals surface area contributed by atoms with Crippen molar-refractivity contribution in [3.63, 3.8) is 0 Å². The third-order valence-corrected chi connectivity index (χ3v) is 2.85. The van der Waals surface area contributed by atoms with Gasteiger partial charge in [0.25, 0.3) is 0 Å². The third-order valence-electron chi connectivity index (χ3n) is 2.85. The van der Waals surface area contributed by atoms with E-state index in [9.17, 15) is 13.2 Å². The molecule has 0 bridgehead atoms. The zero-order chi connectivity index (χ0) is 15.3. The molecule has 0 saturated heterocycles. The molecule has 4 nitrogen and oxygen atoms in total. The van der Waals surface area contributed by atoms with E-state index < -0.39 is 11.9 Å². The molecular weight excluding hydrogens is 269 g/mol. The number of hydrogen-bond acceptors (Lipinski definition) is 4. The maximum atomic E-state index is 12.6. The van der Waals surface area contributed by atoms with Crippen molar-refractivity contribution >= 4 is 11.8 Å². The fourth-order valence-electron chi connectivity index (χ4n) is 1.84. The molecule has 20 heavy (non-hydrogen) atoms. The summed E-state index contributed by atoms with van der Waals surface area (Å²) in [5, 5.41) is 2.94. The van der Waals surface area contributed by atoms with Crippen LogP contribution in [0, 0.1) is 5.92 Å². The van der Waals surface area contributed by atoms with Gasteiger partial charge in [0, 0.05) is 12.1 Å². The molecule has 3 N–H and O–H groups in total. The zero-order valence-corrected chi connectivity index (χ0v) is 12.0. The molecule has 114 valence electrons. The van der Waals surface area contributed by atoms with Gasteiger partial charge >= 0.3 is 6.18 Å². The number of alkyl halides is 3. The first-order chi connectivity index (χ1) is 9.18. The topological polar surface area (TPSA) is 63.8 Å². The van der Waals surface area contributed by atoms with Gasteiger partial charge in [0.05, 0.1) is 0 Å². The van der Waals surface area contributed by atoms with E-state index in [0.717, 1.165) is 25.3 Å². The summed E-state index contributed by atoms with van der Waals surface area (Å²) in [6, 6.07) is 0.916. The second-order valence-electron chi connectivity index (χ2n) is 5.36. The molecule has 0 fully saturated rings. The maximum Gasteiger partial charge on any atom is 0.433 e. The molecule has 1 rings (SSSR count). The summed E-state index contributed by atoms with van der Waals surface area (Å²) in [6.45, 7) is 6.18. The Morgan fingerprint density at radius 1 is 1.20 bits per heavy atom. The Balaban J connectivity index is 2.65. The van der Waals surface area contributed by atoms with Crippen LogP contribution in [0.25, 0.3) is 0 Å². The predicted molar refractivity (Wildman–Crippen MR) is 73.2 cm³/mol. The fourth-order valence-corrected chi connectivity index (χ4v) is 1.84. The highest BCUT2D eigenvalue weighted by molar-refractivity contribution is 5.41. The summed E-state index contributed by atoms with van der Waals surface area (Å²) in [4.78, 5) is 6.99. The van der Waals surface area contributed by atoms with Gasteiger partial charge in [0.1, 0.15) is 5.82 Å². The van der Waals surface area contributed by atoms with Crippen molar-refractivity contribution in [1.82, 2.24) is 9.97 Å². The van der Waals surface area contributed by atoms with Crippen molar-refractivity contribution in [1.29, 1.82) is 0 Å². The zero-order valence-electron chi connectivity index (χ0n) is 12.0. The van der Waals surface area contributed by atoms with Crippen LogP contribution in [0.5, 0.6) is 0 Å². The molecule has 1 unspecified atom stereocenters. The quantitative estimate of drug-likeness (QED) is 0.838. The predicted octanol–water partition coefficient (Wildman–Crippen LogP) is 3.70. The van der Waals surface area contributed by atoms with Gasteiger partial charge in [0.2, 0.25) is 5.95 Å². The molecule has 1 atom stereocenters. The van der Waals surface area contributed by atoms with Crippen LogP contribution in [0.3, 0.4) is 0 Å². The summed E-state index contributed by atoms with van der Waals surface area (Å²) in [5.74, 6) is 0.354. The Labute approximate surface area is 117 Å². The number of nitrogens with zero attached hydrogens (tertiary/aromatic N) is 2. The van der Waals surface area contributed by atoms with Crippen molar-refractivity contribution in [2.45, 2.75) is 52.3 Å². The van der Waals surface area contributed by atoms with Gasteiger partial charge in [-0.1, -0.05) is 26.7 Å². The summed E-state index contributed by atoms with van der Waals surface area (Å²) >= 11 is 0. The van der Waals surface area contributed by atoms with Gasteiger partial charge in [-0.05, 0) is 19.3 Å². The number of nitrogen functional groups attached to an aromatic ring is 1. The smallest absolute Gasteiger partial charge is 0.368 e. The van der Waals surface area contributed by atoms with E-state index in [4.69, 9.17) is 5.73 Å². The molecule has 0 saturated carbocycles. The molecule has 0 aromatic carbocycles. The Morgan fingerprint density at radius 3 is 2.40 bits per heavy atom. The lowest BCUT2D eigenvalue weighted by Crippen LogP contribution is -2.18. The summed E-state index contributed by atoms with van der Waals surface area (Å²) in [5.41, 5.74) is 4.28.